The third kappa shape index (κ3) is 2.57. The van der Waals surface area contributed by atoms with E-state index < -0.39 is 0 Å². The van der Waals surface area contributed by atoms with Crippen LogP contribution >= 0.6 is 0 Å². The highest BCUT2D eigenvalue weighted by atomic mass is 16.1. The second-order valence-corrected chi connectivity index (χ2v) is 13.5. The Morgan fingerprint density at radius 3 is 2.35 bits per heavy atom. The molecule has 5 saturated carbocycles. The minimum Gasteiger partial charge on any atom is -0.299 e. The molecule has 0 heterocycles. The molecule has 2 heteroatoms. The van der Waals surface area contributed by atoms with Crippen LogP contribution in [0.4, 0.5) is 0 Å². The molecule has 0 aromatic carbocycles. The van der Waals surface area contributed by atoms with Crippen molar-refractivity contribution in [3.63, 3.8) is 0 Å². The van der Waals surface area contributed by atoms with Crippen molar-refractivity contribution < 1.29 is 9.59 Å². The van der Waals surface area contributed by atoms with Gasteiger partial charge in [-0.25, -0.2) is 0 Å². The zero-order valence-electron chi connectivity index (χ0n) is 20.9. The molecule has 0 saturated heterocycles. The molecule has 31 heavy (non-hydrogen) atoms. The molecule has 5 aliphatic rings. The summed E-state index contributed by atoms with van der Waals surface area (Å²) in [6.45, 7) is 13.9. The smallest absolute Gasteiger partial charge is 0.152 e. The van der Waals surface area contributed by atoms with Crippen molar-refractivity contribution in [1.82, 2.24) is 0 Å². The van der Waals surface area contributed by atoms with E-state index in [0.29, 0.717) is 39.3 Å². The van der Waals surface area contributed by atoms with Gasteiger partial charge in [0.2, 0.25) is 0 Å². The molecular formula is C29H44O2. The molecule has 8 atom stereocenters. The highest BCUT2D eigenvalue weighted by Crippen LogP contribution is 2.88. The minimum atomic E-state index is -0.107. The van der Waals surface area contributed by atoms with Crippen molar-refractivity contribution in [3.05, 3.63) is 12.2 Å². The van der Waals surface area contributed by atoms with Crippen LogP contribution in [0, 0.1) is 50.7 Å². The zero-order chi connectivity index (χ0) is 22.4. The van der Waals surface area contributed by atoms with Crippen LogP contribution in [0.25, 0.3) is 0 Å². The van der Waals surface area contributed by atoms with E-state index in [9.17, 15) is 9.59 Å². The molecule has 0 bridgehead atoms. The first-order valence-corrected chi connectivity index (χ1v) is 13.2. The lowest BCUT2D eigenvalue weighted by Gasteiger charge is -2.62. The summed E-state index contributed by atoms with van der Waals surface area (Å²) in [7, 11) is 0. The fourth-order valence-corrected chi connectivity index (χ4v) is 10.7. The number of hydrogen-bond donors (Lipinski definition) is 0. The van der Waals surface area contributed by atoms with Gasteiger partial charge in [0, 0.05) is 11.8 Å². The maximum atomic E-state index is 12.8. The normalized spacial score (nSPS) is 50.9. The van der Waals surface area contributed by atoms with Crippen LogP contribution in [0.2, 0.25) is 0 Å². The van der Waals surface area contributed by atoms with E-state index in [1.165, 1.54) is 51.4 Å². The molecule has 2 nitrogen and oxygen atoms in total. The predicted molar refractivity (Wildman–Crippen MR) is 125 cm³/mol. The fraction of sp³-hybridized carbons (Fsp3) is 0.862. The average molecular weight is 425 g/mol. The van der Waals surface area contributed by atoms with Gasteiger partial charge in [0.05, 0.1) is 0 Å². The summed E-state index contributed by atoms with van der Waals surface area (Å²) in [5.41, 5.74) is 1.77. The Balaban J connectivity index is 1.43. The first-order valence-electron chi connectivity index (χ1n) is 13.2. The number of fused-ring (bicyclic) bond motifs is 2. The molecular weight excluding hydrogens is 380 g/mol. The first kappa shape index (κ1) is 21.9. The maximum absolute atomic E-state index is 12.8. The Hall–Kier alpha value is -0.920. The molecule has 0 aromatic rings. The lowest BCUT2D eigenvalue weighted by molar-refractivity contribution is -0.156. The Kier molecular flexibility index (Phi) is 4.64. The second kappa shape index (κ2) is 6.57. The average Bonchev–Trinajstić information content (AvgIpc) is 3.27. The van der Waals surface area contributed by atoms with Crippen LogP contribution in [0.1, 0.15) is 106 Å². The van der Waals surface area contributed by atoms with Crippen molar-refractivity contribution in [2.24, 2.45) is 50.7 Å². The van der Waals surface area contributed by atoms with E-state index in [2.05, 4.69) is 40.7 Å². The molecule has 0 amide bonds. The van der Waals surface area contributed by atoms with Crippen molar-refractivity contribution >= 4 is 11.6 Å². The van der Waals surface area contributed by atoms with Crippen molar-refractivity contribution in [1.29, 1.82) is 0 Å². The molecule has 0 N–H and O–H groups in total. The molecule has 5 aliphatic carbocycles. The molecule has 0 aliphatic heterocycles. The first-order chi connectivity index (χ1) is 14.4. The van der Waals surface area contributed by atoms with E-state index >= 15 is 0 Å². The van der Waals surface area contributed by atoms with E-state index in [1.54, 1.807) is 13.0 Å². The quantitative estimate of drug-likeness (QED) is 0.448. The monoisotopic (exact) mass is 424 g/mol. The summed E-state index contributed by atoms with van der Waals surface area (Å²) in [4.78, 5) is 24.2. The minimum absolute atomic E-state index is 0.107. The summed E-state index contributed by atoms with van der Waals surface area (Å²) in [5.74, 6) is 3.58. The van der Waals surface area contributed by atoms with Crippen LogP contribution in [0.15, 0.2) is 12.2 Å². The largest absolute Gasteiger partial charge is 0.299 e. The van der Waals surface area contributed by atoms with Crippen molar-refractivity contribution in [2.45, 2.75) is 106 Å². The third-order valence-corrected chi connectivity index (χ3v) is 12.5. The summed E-state index contributed by atoms with van der Waals surface area (Å²) < 4.78 is 0. The van der Waals surface area contributed by atoms with Gasteiger partial charge >= 0.3 is 0 Å². The molecule has 0 aromatic heterocycles. The van der Waals surface area contributed by atoms with E-state index in [4.69, 9.17) is 0 Å². The van der Waals surface area contributed by atoms with Gasteiger partial charge in [-0.05, 0) is 116 Å². The molecule has 5 fully saturated rings. The van der Waals surface area contributed by atoms with Gasteiger partial charge in [0.1, 0.15) is 5.78 Å². The predicted octanol–water partition coefficient (Wildman–Crippen LogP) is 7.17. The van der Waals surface area contributed by atoms with Crippen LogP contribution in [0.3, 0.4) is 0 Å². The van der Waals surface area contributed by atoms with Crippen molar-refractivity contribution in [3.8, 4) is 0 Å². The van der Waals surface area contributed by atoms with Gasteiger partial charge < -0.3 is 0 Å². The van der Waals surface area contributed by atoms with Crippen LogP contribution in [0.5, 0.6) is 0 Å². The zero-order valence-corrected chi connectivity index (χ0v) is 20.9. The van der Waals surface area contributed by atoms with Crippen LogP contribution in [-0.4, -0.2) is 11.6 Å². The van der Waals surface area contributed by atoms with E-state index in [1.807, 2.05) is 0 Å². The lowest BCUT2D eigenvalue weighted by Crippen LogP contribution is -2.57. The van der Waals surface area contributed by atoms with Gasteiger partial charge in [0.15, 0.2) is 5.78 Å². The summed E-state index contributed by atoms with van der Waals surface area (Å²) in [6.07, 6.45) is 16.5. The molecule has 172 valence electrons. The highest BCUT2D eigenvalue weighted by molar-refractivity contribution is 5.87. The SMILES string of the molecule is CC(=O)/C=C/C[C@@H](C)[C@H]1CC[C@@]2(C)[C@@H]3CC[C@H]4C(C)(C)C(=O)CC[C@@]45C[C@@]35CC[C@]12C. The topological polar surface area (TPSA) is 34.1 Å². The lowest BCUT2D eigenvalue weighted by atomic mass is 9.42. The highest BCUT2D eigenvalue weighted by Gasteiger charge is 2.82. The van der Waals surface area contributed by atoms with Gasteiger partial charge in [0.25, 0.3) is 0 Å². The molecule has 5 rings (SSSR count). The van der Waals surface area contributed by atoms with Gasteiger partial charge in [-0.1, -0.05) is 40.7 Å². The van der Waals surface area contributed by atoms with E-state index in [-0.39, 0.29) is 11.2 Å². The number of allylic oxidation sites excluding steroid dienone is 2. The second-order valence-electron chi connectivity index (χ2n) is 13.5. The molecule has 0 radical (unpaired) electrons. The van der Waals surface area contributed by atoms with Crippen LogP contribution < -0.4 is 0 Å². The summed E-state index contributed by atoms with van der Waals surface area (Å²) in [6, 6.07) is 0. The van der Waals surface area contributed by atoms with Gasteiger partial charge in [-0.2, -0.15) is 0 Å². The van der Waals surface area contributed by atoms with Gasteiger partial charge in [-0.15, -0.1) is 0 Å². The molecule has 2 spiro atoms. The Morgan fingerprint density at radius 2 is 1.65 bits per heavy atom. The third-order valence-electron chi connectivity index (χ3n) is 12.5. The number of Topliss-reactive ketones (excluding diaryl/α,β-unsaturated/α-hetero) is 1. The number of hydrogen-bond acceptors (Lipinski definition) is 2. The maximum Gasteiger partial charge on any atom is 0.152 e. The summed E-state index contributed by atoms with van der Waals surface area (Å²) >= 11 is 0. The fourth-order valence-electron chi connectivity index (χ4n) is 10.7. The van der Waals surface area contributed by atoms with Gasteiger partial charge in [-0.3, -0.25) is 9.59 Å². The summed E-state index contributed by atoms with van der Waals surface area (Å²) in [5, 5.41) is 0. The standard InChI is InChI=1S/C29H44O2/c1-19(8-7-9-20(2)30)21-12-14-27(6)23-11-10-22-25(3,4)24(31)13-15-28(22)18-29(23,28)17-16-26(21,27)5/h7,9,19,21-23H,8,10-18H2,1-6H3/b9-7+/t19-,21-,22+,23+,26-,27+,28-,29+/m1/s1. The van der Waals surface area contributed by atoms with Crippen molar-refractivity contribution in [2.75, 3.05) is 0 Å². The Labute approximate surface area is 190 Å². The number of ketones is 2. The molecule has 0 unspecified atom stereocenters. The van der Waals surface area contributed by atoms with E-state index in [0.717, 1.165) is 24.7 Å². The Bertz CT molecular complexity index is 838. The van der Waals surface area contributed by atoms with Crippen LogP contribution in [-0.2, 0) is 9.59 Å². The Morgan fingerprint density at radius 1 is 0.968 bits per heavy atom. The number of carbonyl (C=O) groups is 2. The number of carbonyl (C=O) groups excluding carboxylic acids is 2. The number of rotatable bonds is 4.